The zero-order valence-corrected chi connectivity index (χ0v) is 11.4. The Balaban J connectivity index is 2.04. The smallest absolute Gasteiger partial charge is 0.269 e. The molecule has 0 spiro atoms. The highest BCUT2D eigenvalue weighted by molar-refractivity contribution is 9.10. The highest BCUT2D eigenvalue weighted by Crippen LogP contribution is 2.20. The summed E-state index contributed by atoms with van der Waals surface area (Å²) < 4.78 is 14.2. The Kier molecular flexibility index (Phi) is 4.11. The molecule has 0 bridgehead atoms. The molecule has 0 aliphatic rings. The van der Waals surface area contributed by atoms with E-state index in [1.165, 1.54) is 18.2 Å². The molecule has 98 valence electrons. The van der Waals surface area contributed by atoms with Gasteiger partial charge in [0.15, 0.2) is 0 Å². The third kappa shape index (κ3) is 3.51. The van der Waals surface area contributed by atoms with E-state index < -0.39 is 4.92 Å². The van der Waals surface area contributed by atoms with Gasteiger partial charge in [-0.1, -0.05) is 28.1 Å². The SMILES string of the molecule is O=[N+]([O-])c1ccc(CNc2ccc(Br)cc2F)cc1. The Bertz CT molecular complexity index is 602. The fourth-order valence-corrected chi connectivity index (χ4v) is 1.90. The zero-order valence-electron chi connectivity index (χ0n) is 9.77. The molecule has 0 aromatic heterocycles. The molecule has 19 heavy (non-hydrogen) atoms. The van der Waals surface area contributed by atoms with Crippen LogP contribution in [0.1, 0.15) is 5.56 Å². The summed E-state index contributed by atoms with van der Waals surface area (Å²) in [7, 11) is 0. The first-order valence-electron chi connectivity index (χ1n) is 5.48. The lowest BCUT2D eigenvalue weighted by molar-refractivity contribution is -0.384. The number of nitrogens with one attached hydrogen (secondary N) is 1. The van der Waals surface area contributed by atoms with E-state index in [1.54, 1.807) is 24.3 Å². The molecule has 0 amide bonds. The second-order valence-electron chi connectivity index (χ2n) is 3.90. The van der Waals surface area contributed by atoms with E-state index in [-0.39, 0.29) is 11.5 Å². The van der Waals surface area contributed by atoms with Crippen LogP contribution >= 0.6 is 15.9 Å². The van der Waals surface area contributed by atoms with E-state index in [1.807, 2.05) is 0 Å². The number of anilines is 1. The first-order chi connectivity index (χ1) is 9.06. The lowest BCUT2D eigenvalue weighted by Crippen LogP contribution is -2.01. The van der Waals surface area contributed by atoms with Gasteiger partial charge in [-0.3, -0.25) is 10.1 Å². The molecule has 0 aliphatic carbocycles. The van der Waals surface area contributed by atoms with Gasteiger partial charge in [-0.2, -0.15) is 0 Å². The topological polar surface area (TPSA) is 55.2 Å². The van der Waals surface area contributed by atoms with Gasteiger partial charge in [-0.15, -0.1) is 0 Å². The van der Waals surface area contributed by atoms with E-state index in [0.717, 1.165) is 5.56 Å². The van der Waals surface area contributed by atoms with Gasteiger partial charge in [-0.05, 0) is 23.8 Å². The molecule has 2 rings (SSSR count). The Labute approximate surface area is 117 Å². The summed E-state index contributed by atoms with van der Waals surface area (Å²) in [6.45, 7) is 0.399. The molecule has 1 N–H and O–H groups in total. The minimum absolute atomic E-state index is 0.0403. The van der Waals surface area contributed by atoms with Crippen molar-refractivity contribution in [3.8, 4) is 0 Å². The summed E-state index contributed by atoms with van der Waals surface area (Å²) in [5, 5.41) is 13.4. The number of benzene rings is 2. The van der Waals surface area contributed by atoms with Gasteiger partial charge in [0.05, 0.1) is 10.6 Å². The number of nitrogens with zero attached hydrogens (tertiary/aromatic N) is 1. The number of hydrogen-bond acceptors (Lipinski definition) is 3. The van der Waals surface area contributed by atoms with E-state index in [0.29, 0.717) is 16.7 Å². The molecular weight excluding hydrogens is 315 g/mol. The van der Waals surface area contributed by atoms with Crippen molar-refractivity contribution in [3.05, 3.63) is 68.4 Å². The van der Waals surface area contributed by atoms with Crippen molar-refractivity contribution in [1.82, 2.24) is 0 Å². The lowest BCUT2D eigenvalue weighted by atomic mass is 10.2. The minimum Gasteiger partial charge on any atom is -0.379 e. The molecule has 0 atom stereocenters. The van der Waals surface area contributed by atoms with Gasteiger partial charge >= 0.3 is 0 Å². The quantitative estimate of drug-likeness (QED) is 0.680. The Morgan fingerprint density at radius 3 is 2.47 bits per heavy atom. The molecule has 0 aliphatic heterocycles. The highest BCUT2D eigenvalue weighted by Gasteiger charge is 2.05. The van der Waals surface area contributed by atoms with Crippen molar-refractivity contribution in [2.75, 3.05) is 5.32 Å². The van der Waals surface area contributed by atoms with Crippen molar-refractivity contribution in [3.63, 3.8) is 0 Å². The number of nitro groups is 1. The van der Waals surface area contributed by atoms with E-state index >= 15 is 0 Å². The number of rotatable bonds is 4. The van der Waals surface area contributed by atoms with E-state index in [2.05, 4.69) is 21.2 Å². The second-order valence-corrected chi connectivity index (χ2v) is 4.82. The zero-order chi connectivity index (χ0) is 13.8. The molecule has 0 radical (unpaired) electrons. The monoisotopic (exact) mass is 324 g/mol. The van der Waals surface area contributed by atoms with Gasteiger partial charge in [0.25, 0.3) is 5.69 Å². The van der Waals surface area contributed by atoms with Crippen LogP contribution in [0.3, 0.4) is 0 Å². The predicted molar refractivity (Wildman–Crippen MR) is 74.5 cm³/mol. The molecule has 0 saturated carbocycles. The summed E-state index contributed by atoms with van der Waals surface area (Å²) in [6, 6.07) is 10.9. The normalized spacial score (nSPS) is 10.2. The Morgan fingerprint density at radius 2 is 1.89 bits per heavy atom. The third-order valence-electron chi connectivity index (χ3n) is 2.56. The van der Waals surface area contributed by atoms with E-state index in [9.17, 15) is 14.5 Å². The van der Waals surface area contributed by atoms with Crippen LogP contribution in [-0.2, 0) is 6.54 Å². The van der Waals surface area contributed by atoms with Gasteiger partial charge in [0.2, 0.25) is 0 Å². The molecule has 2 aromatic carbocycles. The van der Waals surface area contributed by atoms with Crippen LogP contribution in [0.5, 0.6) is 0 Å². The molecule has 6 heteroatoms. The average molecular weight is 325 g/mol. The van der Waals surface area contributed by atoms with Crippen LogP contribution in [0.15, 0.2) is 46.9 Å². The van der Waals surface area contributed by atoms with Gasteiger partial charge in [0.1, 0.15) is 5.82 Å². The molecule has 4 nitrogen and oxygen atoms in total. The van der Waals surface area contributed by atoms with E-state index in [4.69, 9.17) is 0 Å². The van der Waals surface area contributed by atoms with Crippen molar-refractivity contribution >= 4 is 27.3 Å². The Morgan fingerprint density at radius 1 is 1.21 bits per heavy atom. The predicted octanol–water partition coefficient (Wildman–Crippen LogP) is 4.11. The lowest BCUT2D eigenvalue weighted by Gasteiger charge is -2.07. The number of nitro benzene ring substituents is 1. The standard InChI is InChI=1S/C13H10BrFN2O2/c14-10-3-6-13(12(15)7-10)16-8-9-1-4-11(5-2-9)17(18)19/h1-7,16H,8H2. The molecule has 2 aromatic rings. The van der Waals surface area contributed by atoms with Crippen LogP contribution in [0, 0.1) is 15.9 Å². The molecule has 0 fully saturated rings. The third-order valence-corrected chi connectivity index (χ3v) is 3.05. The molecule has 0 saturated heterocycles. The second kappa shape index (κ2) is 5.79. The summed E-state index contributed by atoms with van der Waals surface area (Å²) in [5.41, 5.74) is 1.27. The summed E-state index contributed by atoms with van der Waals surface area (Å²) >= 11 is 3.18. The maximum Gasteiger partial charge on any atom is 0.269 e. The molecule has 0 heterocycles. The van der Waals surface area contributed by atoms with Crippen LogP contribution in [0.4, 0.5) is 15.8 Å². The Hall–Kier alpha value is -1.95. The average Bonchev–Trinajstić information content (AvgIpc) is 2.38. The number of non-ortho nitro benzene ring substituents is 1. The first-order valence-corrected chi connectivity index (χ1v) is 6.28. The molecular formula is C13H10BrFN2O2. The maximum absolute atomic E-state index is 13.5. The van der Waals surface area contributed by atoms with Crippen molar-refractivity contribution in [1.29, 1.82) is 0 Å². The summed E-state index contributed by atoms with van der Waals surface area (Å²) in [5.74, 6) is -0.351. The van der Waals surface area contributed by atoms with Crippen molar-refractivity contribution in [2.45, 2.75) is 6.54 Å². The summed E-state index contributed by atoms with van der Waals surface area (Å²) in [4.78, 5) is 10.1. The highest BCUT2D eigenvalue weighted by atomic mass is 79.9. The molecule has 0 unspecified atom stereocenters. The number of halogens is 2. The van der Waals surface area contributed by atoms with Crippen LogP contribution in [0.25, 0.3) is 0 Å². The van der Waals surface area contributed by atoms with Crippen molar-refractivity contribution < 1.29 is 9.31 Å². The largest absolute Gasteiger partial charge is 0.379 e. The van der Waals surface area contributed by atoms with Crippen molar-refractivity contribution in [2.24, 2.45) is 0 Å². The van der Waals surface area contributed by atoms with Gasteiger partial charge in [-0.25, -0.2) is 4.39 Å². The fraction of sp³-hybridized carbons (Fsp3) is 0.0769. The van der Waals surface area contributed by atoms with Gasteiger partial charge in [0, 0.05) is 23.2 Å². The maximum atomic E-state index is 13.5. The minimum atomic E-state index is -0.453. The van der Waals surface area contributed by atoms with Crippen LogP contribution in [-0.4, -0.2) is 4.92 Å². The van der Waals surface area contributed by atoms with Gasteiger partial charge < -0.3 is 5.32 Å². The van der Waals surface area contributed by atoms with Crippen LogP contribution in [0.2, 0.25) is 0 Å². The first kappa shape index (κ1) is 13.5. The van der Waals surface area contributed by atoms with Crippen LogP contribution < -0.4 is 5.32 Å². The fourth-order valence-electron chi connectivity index (χ4n) is 1.57. The summed E-state index contributed by atoms with van der Waals surface area (Å²) in [6.07, 6.45) is 0. The number of hydrogen-bond donors (Lipinski definition) is 1.